The van der Waals surface area contributed by atoms with E-state index in [0.717, 1.165) is 25.8 Å². The minimum atomic E-state index is 0.347. The molecule has 1 aliphatic heterocycles. The molecule has 1 aliphatic rings. The standard InChI is InChI=1S/C10H17N3/c1-2-3-9-10-6-8(11)4-5-13(10)7-12-9/h7-8H,2-6,11H2,1H3. The highest BCUT2D eigenvalue weighted by Gasteiger charge is 2.18. The second-order valence-electron chi connectivity index (χ2n) is 3.83. The van der Waals surface area contributed by atoms with Gasteiger partial charge in [-0.05, 0) is 12.8 Å². The van der Waals surface area contributed by atoms with Crippen LogP contribution in [-0.2, 0) is 19.4 Å². The summed E-state index contributed by atoms with van der Waals surface area (Å²) in [4.78, 5) is 4.43. The molecule has 0 bridgehead atoms. The van der Waals surface area contributed by atoms with Gasteiger partial charge in [0.15, 0.2) is 0 Å². The fourth-order valence-corrected chi connectivity index (χ4v) is 1.98. The van der Waals surface area contributed by atoms with Gasteiger partial charge in [-0.25, -0.2) is 4.98 Å². The van der Waals surface area contributed by atoms with Crippen molar-refractivity contribution in [1.82, 2.24) is 9.55 Å². The fourth-order valence-electron chi connectivity index (χ4n) is 1.98. The second kappa shape index (κ2) is 3.50. The van der Waals surface area contributed by atoms with Crippen LogP contribution in [0, 0.1) is 0 Å². The molecule has 0 amide bonds. The number of hydrogen-bond acceptors (Lipinski definition) is 2. The molecule has 1 aromatic heterocycles. The first-order valence-corrected chi connectivity index (χ1v) is 5.09. The van der Waals surface area contributed by atoms with Gasteiger partial charge >= 0.3 is 0 Å². The summed E-state index contributed by atoms with van der Waals surface area (Å²) >= 11 is 0. The van der Waals surface area contributed by atoms with Crippen LogP contribution in [0.15, 0.2) is 6.33 Å². The van der Waals surface area contributed by atoms with Crippen LogP contribution in [0.1, 0.15) is 31.2 Å². The normalized spacial score (nSPS) is 21.5. The first kappa shape index (κ1) is 8.75. The first-order valence-electron chi connectivity index (χ1n) is 5.09. The van der Waals surface area contributed by atoms with Crippen LogP contribution >= 0.6 is 0 Å². The summed E-state index contributed by atoms with van der Waals surface area (Å²) in [6.07, 6.45) is 6.32. The van der Waals surface area contributed by atoms with Crippen molar-refractivity contribution in [2.24, 2.45) is 5.73 Å². The van der Waals surface area contributed by atoms with Gasteiger partial charge in [0.25, 0.3) is 0 Å². The molecule has 0 spiro atoms. The zero-order valence-corrected chi connectivity index (χ0v) is 8.16. The lowest BCUT2D eigenvalue weighted by molar-refractivity contribution is 0.469. The highest BCUT2D eigenvalue weighted by atomic mass is 15.1. The quantitative estimate of drug-likeness (QED) is 0.739. The summed E-state index contributed by atoms with van der Waals surface area (Å²) in [5.41, 5.74) is 8.57. The number of aryl methyl sites for hydroxylation is 2. The van der Waals surface area contributed by atoms with E-state index in [-0.39, 0.29) is 0 Å². The SMILES string of the molecule is CCCc1ncn2c1CC(N)CC2. The molecule has 3 nitrogen and oxygen atoms in total. The van der Waals surface area contributed by atoms with Gasteiger partial charge < -0.3 is 10.3 Å². The highest BCUT2D eigenvalue weighted by Crippen LogP contribution is 2.18. The van der Waals surface area contributed by atoms with Gasteiger partial charge in [0, 0.05) is 24.7 Å². The van der Waals surface area contributed by atoms with Crippen molar-refractivity contribution in [3.63, 3.8) is 0 Å². The lowest BCUT2D eigenvalue weighted by Gasteiger charge is -2.21. The fraction of sp³-hybridized carbons (Fsp3) is 0.700. The Hall–Kier alpha value is -0.830. The number of rotatable bonds is 2. The van der Waals surface area contributed by atoms with E-state index in [4.69, 9.17) is 5.73 Å². The van der Waals surface area contributed by atoms with E-state index in [2.05, 4.69) is 16.5 Å². The molecule has 13 heavy (non-hydrogen) atoms. The molecule has 1 aromatic rings. The van der Waals surface area contributed by atoms with E-state index in [1.165, 1.54) is 17.8 Å². The average Bonchev–Trinajstić information content (AvgIpc) is 2.49. The van der Waals surface area contributed by atoms with Crippen molar-refractivity contribution >= 4 is 0 Å². The van der Waals surface area contributed by atoms with Crippen LogP contribution in [0.3, 0.4) is 0 Å². The first-order chi connectivity index (χ1) is 6.31. The van der Waals surface area contributed by atoms with Crippen LogP contribution in [0.5, 0.6) is 0 Å². The molecule has 0 radical (unpaired) electrons. The van der Waals surface area contributed by atoms with Gasteiger partial charge in [0.05, 0.1) is 12.0 Å². The third-order valence-electron chi connectivity index (χ3n) is 2.72. The molecule has 1 atom stereocenters. The lowest BCUT2D eigenvalue weighted by atomic mass is 10.0. The zero-order valence-electron chi connectivity index (χ0n) is 8.16. The van der Waals surface area contributed by atoms with Crippen molar-refractivity contribution in [1.29, 1.82) is 0 Å². The van der Waals surface area contributed by atoms with Crippen molar-refractivity contribution < 1.29 is 0 Å². The summed E-state index contributed by atoms with van der Waals surface area (Å²) in [7, 11) is 0. The second-order valence-corrected chi connectivity index (χ2v) is 3.83. The summed E-state index contributed by atoms with van der Waals surface area (Å²) in [6, 6.07) is 0.347. The molecule has 1 unspecified atom stereocenters. The van der Waals surface area contributed by atoms with Gasteiger partial charge in [-0.3, -0.25) is 0 Å². The average molecular weight is 179 g/mol. The van der Waals surface area contributed by atoms with Crippen LogP contribution in [0.2, 0.25) is 0 Å². The minimum Gasteiger partial charge on any atom is -0.334 e. The Morgan fingerprint density at radius 2 is 2.54 bits per heavy atom. The minimum absolute atomic E-state index is 0.347. The summed E-state index contributed by atoms with van der Waals surface area (Å²) in [5.74, 6) is 0. The third-order valence-corrected chi connectivity index (χ3v) is 2.72. The molecule has 72 valence electrons. The van der Waals surface area contributed by atoms with Gasteiger partial charge in [-0.2, -0.15) is 0 Å². The Labute approximate surface area is 79.0 Å². The van der Waals surface area contributed by atoms with Crippen molar-refractivity contribution in [2.75, 3.05) is 0 Å². The molecule has 0 aliphatic carbocycles. The Bertz CT molecular complexity index is 290. The number of hydrogen-bond donors (Lipinski definition) is 1. The van der Waals surface area contributed by atoms with Crippen LogP contribution in [0.25, 0.3) is 0 Å². The maximum absolute atomic E-state index is 5.93. The molecule has 2 N–H and O–H groups in total. The molecule has 2 heterocycles. The Balaban J connectivity index is 2.25. The molecule has 2 rings (SSSR count). The van der Waals surface area contributed by atoms with Gasteiger partial charge in [0.1, 0.15) is 0 Å². The Morgan fingerprint density at radius 3 is 3.31 bits per heavy atom. The molecule has 0 saturated carbocycles. The van der Waals surface area contributed by atoms with Gasteiger partial charge in [0.2, 0.25) is 0 Å². The predicted molar refractivity (Wildman–Crippen MR) is 52.5 cm³/mol. The van der Waals surface area contributed by atoms with Gasteiger partial charge in [-0.15, -0.1) is 0 Å². The van der Waals surface area contributed by atoms with E-state index in [1.54, 1.807) is 0 Å². The van der Waals surface area contributed by atoms with Crippen LogP contribution in [0.4, 0.5) is 0 Å². The summed E-state index contributed by atoms with van der Waals surface area (Å²) in [5, 5.41) is 0. The Kier molecular flexibility index (Phi) is 2.36. The van der Waals surface area contributed by atoms with Crippen LogP contribution in [-0.4, -0.2) is 15.6 Å². The molecule has 0 fully saturated rings. The molecule has 0 saturated heterocycles. The number of fused-ring (bicyclic) bond motifs is 1. The maximum Gasteiger partial charge on any atom is 0.0951 e. The largest absolute Gasteiger partial charge is 0.334 e. The molecular formula is C10H17N3. The summed E-state index contributed by atoms with van der Waals surface area (Å²) in [6.45, 7) is 3.24. The van der Waals surface area contributed by atoms with E-state index >= 15 is 0 Å². The van der Waals surface area contributed by atoms with Crippen LogP contribution < -0.4 is 5.73 Å². The Morgan fingerprint density at radius 1 is 1.69 bits per heavy atom. The van der Waals surface area contributed by atoms with E-state index in [1.807, 2.05) is 6.33 Å². The van der Waals surface area contributed by atoms with Gasteiger partial charge in [-0.1, -0.05) is 13.3 Å². The summed E-state index contributed by atoms with van der Waals surface area (Å²) < 4.78 is 2.26. The van der Waals surface area contributed by atoms with Crippen molar-refractivity contribution in [3.05, 3.63) is 17.7 Å². The number of imidazole rings is 1. The third kappa shape index (κ3) is 1.61. The van der Waals surface area contributed by atoms with E-state index < -0.39 is 0 Å². The number of nitrogens with zero attached hydrogens (tertiary/aromatic N) is 2. The van der Waals surface area contributed by atoms with Crippen molar-refractivity contribution in [3.8, 4) is 0 Å². The maximum atomic E-state index is 5.93. The lowest BCUT2D eigenvalue weighted by Crippen LogP contribution is -2.30. The topological polar surface area (TPSA) is 43.8 Å². The smallest absolute Gasteiger partial charge is 0.0951 e. The predicted octanol–water partition coefficient (Wildman–Crippen LogP) is 1.11. The molecule has 3 heteroatoms. The highest BCUT2D eigenvalue weighted by molar-refractivity contribution is 5.16. The van der Waals surface area contributed by atoms with Crippen molar-refractivity contribution in [2.45, 2.75) is 45.2 Å². The number of aromatic nitrogens is 2. The van der Waals surface area contributed by atoms with E-state index in [0.29, 0.717) is 6.04 Å². The number of nitrogens with two attached hydrogens (primary N) is 1. The molecular weight excluding hydrogens is 162 g/mol. The zero-order chi connectivity index (χ0) is 9.26. The monoisotopic (exact) mass is 179 g/mol. The molecule has 0 aromatic carbocycles. The van der Waals surface area contributed by atoms with E-state index in [9.17, 15) is 0 Å².